The number of likely N-dealkylation sites (tertiary alicyclic amines) is 1. The summed E-state index contributed by atoms with van der Waals surface area (Å²) in [6.07, 6.45) is -3.86. The maximum Gasteiger partial charge on any atom is 0.422 e. The monoisotopic (exact) mass is 545 g/mol. The van der Waals surface area contributed by atoms with Crippen molar-refractivity contribution in [1.82, 2.24) is 4.90 Å². The second-order valence-electron chi connectivity index (χ2n) is 9.16. The second kappa shape index (κ2) is 9.26. The Morgan fingerprint density at radius 2 is 1.81 bits per heavy atom. The largest absolute Gasteiger partial charge is 0.484 e. The first-order valence-corrected chi connectivity index (χ1v) is 13.0. The van der Waals surface area contributed by atoms with E-state index >= 15 is 0 Å². The zero-order valence-electron chi connectivity index (χ0n) is 19.1. The van der Waals surface area contributed by atoms with Gasteiger partial charge in [0, 0.05) is 12.6 Å². The van der Waals surface area contributed by atoms with Crippen LogP contribution in [0.25, 0.3) is 0 Å². The first kappa shape index (κ1) is 26.3. The van der Waals surface area contributed by atoms with Gasteiger partial charge in [0.05, 0.1) is 20.6 Å². The topological polar surface area (TPSA) is 101 Å². The fraction of sp³-hybridized carbons (Fsp3) is 0.417. The van der Waals surface area contributed by atoms with Crippen LogP contribution in [0.1, 0.15) is 30.4 Å². The molecule has 0 spiro atoms. The van der Waals surface area contributed by atoms with Crippen LogP contribution in [0.3, 0.4) is 0 Å². The van der Waals surface area contributed by atoms with E-state index in [0.717, 1.165) is 34.2 Å². The summed E-state index contributed by atoms with van der Waals surface area (Å²) in [5.41, 5.74) is 0.880. The van der Waals surface area contributed by atoms with Gasteiger partial charge in [-0.15, -0.1) is 0 Å². The highest BCUT2D eigenvalue weighted by atomic mass is 35.5. The molecule has 1 saturated heterocycles. The molecule has 0 bridgehead atoms. The molecule has 1 aliphatic heterocycles. The van der Waals surface area contributed by atoms with Gasteiger partial charge in [-0.2, -0.15) is 13.2 Å². The molecule has 2 aliphatic rings. The highest BCUT2D eigenvalue weighted by Gasteiger charge is 2.57. The third-order valence-electron chi connectivity index (χ3n) is 6.62. The molecule has 1 amide bonds. The van der Waals surface area contributed by atoms with Crippen molar-refractivity contribution in [3.8, 4) is 5.75 Å². The van der Waals surface area contributed by atoms with E-state index < -0.39 is 51.2 Å². The molecule has 2 unspecified atom stereocenters. The van der Waals surface area contributed by atoms with Gasteiger partial charge in [0.2, 0.25) is 5.91 Å². The maximum absolute atomic E-state index is 13.5. The molecule has 194 valence electrons. The SMILES string of the molecule is Cc1ccc(C2(C(=O)N3CC(S(=O)(=O)c4ccc(OCC(F)(F)F)cc4Cl)CC3C(=O)O)CC2)cc1. The number of carboxylic acids is 1. The number of amides is 1. The van der Waals surface area contributed by atoms with Gasteiger partial charge in [0.15, 0.2) is 16.4 Å². The van der Waals surface area contributed by atoms with E-state index in [1.54, 1.807) is 0 Å². The Morgan fingerprint density at radius 3 is 2.33 bits per heavy atom. The highest BCUT2D eigenvalue weighted by Crippen LogP contribution is 2.51. The van der Waals surface area contributed by atoms with E-state index in [1.807, 2.05) is 31.2 Å². The van der Waals surface area contributed by atoms with Crippen molar-refractivity contribution < 1.29 is 41.0 Å². The fourth-order valence-corrected chi connectivity index (χ4v) is 6.76. The summed E-state index contributed by atoms with van der Waals surface area (Å²) in [7, 11) is -4.22. The average molecular weight is 546 g/mol. The van der Waals surface area contributed by atoms with Gasteiger partial charge < -0.3 is 14.7 Å². The van der Waals surface area contributed by atoms with Gasteiger partial charge in [-0.05, 0) is 43.9 Å². The standard InChI is InChI=1S/C24H23ClF3NO6S/c1-14-2-4-15(5-3-14)23(8-9-23)22(32)29-12-17(11-19(29)21(30)31)36(33,34)20-7-6-16(10-18(20)25)35-13-24(26,27)28/h2-7,10,17,19H,8-9,11-13H2,1H3,(H,30,31). The molecule has 1 saturated carbocycles. The normalized spacial score (nSPS) is 21.3. The van der Waals surface area contributed by atoms with Crippen LogP contribution in [0.4, 0.5) is 13.2 Å². The van der Waals surface area contributed by atoms with E-state index in [9.17, 15) is 36.3 Å². The number of ether oxygens (including phenoxy) is 1. The molecular formula is C24H23ClF3NO6S. The molecule has 2 aromatic carbocycles. The molecule has 2 atom stereocenters. The van der Waals surface area contributed by atoms with Crippen molar-refractivity contribution in [2.75, 3.05) is 13.2 Å². The summed E-state index contributed by atoms with van der Waals surface area (Å²) < 4.78 is 68.5. The first-order chi connectivity index (χ1) is 16.7. The summed E-state index contributed by atoms with van der Waals surface area (Å²) in [5.74, 6) is -2.02. The molecule has 1 N–H and O–H groups in total. The number of alkyl halides is 3. The number of nitrogens with zero attached hydrogens (tertiary/aromatic N) is 1. The van der Waals surface area contributed by atoms with E-state index in [2.05, 4.69) is 4.74 Å². The number of sulfone groups is 1. The van der Waals surface area contributed by atoms with Crippen LogP contribution in [0.2, 0.25) is 5.02 Å². The van der Waals surface area contributed by atoms with Crippen LogP contribution < -0.4 is 4.74 Å². The minimum absolute atomic E-state index is 0.267. The van der Waals surface area contributed by atoms with Gasteiger partial charge in [-0.25, -0.2) is 13.2 Å². The molecule has 4 rings (SSSR count). The Kier molecular flexibility index (Phi) is 6.76. The summed E-state index contributed by atoms with van der Waals surface area (Å²) in [6.45, 7) is -0.00573. The lowest BCUT2D eigenvalue weighted by atomic mass is 9.93. The number of carbonyl (C=O) groups excluding carboxylic acids is 1. The Balaban J connectivity index is 1.58. The van der Waals surface area contributed by atoms with E-state index in [-0.39, 0.29) is 28.6 Å². The van der Waals surface area contributed by atoms with Crippen molar-refractivity contribution in [3.63, 3.8) is 0 Å². The minimum Gasteiger partial charge on any atom is -0.484 e. The molecule has 7 nitrogen and oxygen atoms in total. The van der Waals surface area contributed by atoms with Crippen LogP contribution in [0, 0.1) is 6.92 Å². The third-order valence-corrected chi connectivity index (χ3v) is 9.24. The molecular weight excluding hydrogens is 523 g/mol. The second-order valence-corrected chi connectivity index (χ2v) is 11.8. The number of aliphatic carboxylic acids is 1. The van der Waals surface area contributed by atoms with Crippen LogP contribution in [0.15, 0.2) is 47.4 Å². The number of hydrogen-bond donors (Lipinski definition) is 1. The zero-order chi connectivity index (χ0) is 26.5. The lowest BCUT2D eigenvalue weighted by molar-refractivity contribution is -0.153. The zero-order valence-corrected chi connectivity index (χ0v) is 20.7. The van der Waals surface area contributed by atoms with Crippen LogP contribution in [-0.4, -0.2) is 60.9 Å². The quantitative estimate of drug-likeness (QED) is 0.561. The minimum atomic E-state index is -4.58. The number of aryl methyl sites for hydroxylation is 1. The lowest BCUT2D eigenvalue weighted by Gasteiger charge is -2.27. The summed E-state index contributed by atoms with van der Waals surface area (Å²) in [4.78, 5) is 26.3. The number of hydrogen-bond acceptors (Lipinski definition) is 5. The number of halogens is 4. The number of carbonyl (C=O) groups is 2. The van der Waals surface area contributed by atoms with E-state index in [4.69, 9.17) is 11.6 Å². The fourth-order valence-electron chi connectivity index (χ4n) is 4.53. The molecule has 36 heavy (non-hydrogen) atoms. The third kappa shape index (κ3) is 5.04. The molecule has 0 aromatic heterocycles. The molecule has 1 heterocycles. The maximum atomic E-state index is 13.5. The Bertz CT molecular complexity index is 1290. The molecule has 2 fully saturated rings. The van der Waals surface area contributed by atoms with Gasteiger partial charge in [-0.3, -0.25) is 4.79 Å². The van der Waals surface area contributed by atoms with E-state index in [1.165, 1.54) is 0 Å². The summed E-state index contributed by atoms with van der Waals surface area (Å²) in [5, 5.41) is 8.16. The Morgan fingerprint density at radius 1 is 1.17 bits per heavy atom. The van der Waals surface area contributed by atoms with Crippen LogP contribution >= 0.6 is 11.6 Å². The smallest absolute Gasteiger partial charge is 0.422 e. The summed E-state index contributed by atoms with van der Waals surface area (Å²) in [6, 6.07) is 9.06. The predicted octanol–water partition coefficient (Wildman–Crippen LogP) is 4.15. The van der Waals surface area contributed by atoms with Gasteiger partial charge >= 0.3 is 12.1 Å². The van der Waals surface area contributed by atoms with Crippen LogP contribution in [-0.2, 0) is 24.8 Å². The van der Waals surface area contributed by atoms with E-state index in [0.29, 0.717) is 12.8 Å². The molecule has 0 radical (unpaired) electrons. The van der Waals surface area contributed by atoms with Crippen LogP contribution in [0.5, 0.6) is 5.75 Å². The van der Waals surface area contributed by atoms with Crippen molar-refractivity contribution in [3.05, 3.63) is 58.6 Å². The first-order valence-electron chi connectivity index (χ1n) is 11.1. The van der Waals surface area contributed by atoms with Gasteiger partial charge in [0.25, 0.3) is 0 Å². The molecule has 1 aliphatic carbocycles. The average Bonchev–Trinajstić information content (AvgIpc) is 3.47. The molecule has 2 aromatic rings. The van der Waals surface area contributed by atoms with Gasteiger partial charge in [0.1, 0.15) is 11.8 Å². The predicted molar refractivity (Wildman–Crippen MR) is 124 cm³/mol. The number of benzene rings is 2. The number of rotatable bonds is 7. The van der Waals surface area contributed by atoms with Crippen molar-refractivity contribution in [2.45, 2.75) is 54.0 Å². The van der Waals surface area contributed by atoms with Crippen molar-refractivity contribution >= 4 is 33.3 Å². The van der Waals surface area contributed by atoms with Gasteiger partial charge in [-0.1, -0.05) is 41.4 Å². The van der Waals surface area contributed by atoms with Crippen molar-refractivity contribution in [2.24, 2.45) is 0 Å². The number of carboxylic acid groups (broad SMARTS) is 1. The Hall–Kier alpha value is -2.79. The lowest BCUT2D eigenvalue weighted by Crippen LogP contribution is -2.46. The van der Waals surface area contributed by atoms with Crippen molar-refractivity contribution in [1.29, 1.82) is 0 Å². The summed E-state index contributed by atoms with van der Waals surface area (Å²) >= 11 is 6.08. The Labute approximate surface area is 210 Å². The highest BCUT2D eigenvalue weighted by molar-refractivity contribution is 7.92. The molecule has 12 heteroatoms.